The molecule has 0 saturated heterocycles. The summed E-state index contributed by atoms with van der Waals surface area (Å²) in [6.07, 6.45) is 0.304. The van der Waals surface area contributed by atoms with Gasteiger partial charge in [-0.3, -0.25) is 28.8 Å². The van der Waals surface area contributed by atoms with Crippen molar-refractivity contribution in [2.75, 3.05) is 26.7 Å². The Bertz CT molecular complexity index is 2080. The zero-order valence-electron chi connectivity index (χ0n) is 33.4. The predicted molar refractivity (Wildman–Crippen MR) is 215 cm³/mol. The van der Waals surface area contributed by atoms with Crippen molar-refractivity contribution in [3.63, 3.8) is 0 Å². The molecule has 5 rings (SSSR count). The van der Waals surface area contributed by atoms with Crippen LogP contribution < -0.4 is 21.3 Å². The number of likely N-dealkylation sites (N-methyl/N-ethyl adjacent to an activating group) is 1. The van der Waals surface area contributed by atoms with Crippen LogP contribution >= 0.6 is 11.3 Å². The Morgan fingerprint density at radius 1 is 0.860 bits per heavy atom. The number of hydrogen-bond donors (Lipinski definition) is 4. The van der Waals surface area contributed by atoms with E-state index >= 15 is 0 Å². The Morgan fingerprint density at radius 3 is 2.19 bits per heavy atom. The highest BCUT2D eigenvalue weighted by Crippen LogP contribution is 2.24. The van der Waals surface area contributed by atoms with Crippen LogP contribution in [-0.2, 0) is 36.8 Å². The Labute approximate surface area is 336 Å². The normalized spacial score (nSPS) is 20.7. The van der Waals surface area contributed by atoms with Gasteiger partial charge in [-0.2, -0.15) is 5.10 Å². The van der Waals surface area contributed by atoms with E-state index in [1.807, 2.05) is 74.5 Å². The standard InChI is InChI=1S/C41H51N9O6S/c1-24(2)36-39(55)43-27(5)41(56)48(7)18-19-49(35(52)21-31-25(3)47-50(28(31)6)30-16-12-9-13-17-30)22-34(51)44-32(20-29-14-10-8-11-15-29)40-45-33(23-57-40)38(54)42-26(4)37(53)46-36/h8-17,23-24,26-27,32,36H,18-22H2,1-7H3,(H,42,54)(H,43,55)(H,44,51)(H,46,53)/t26-,27+,32-,36-/m0/s1. The van der Waals surface area contributed by atoms with E-state index in [2.05, 4.69) is 26.3 Å². The number of amides is 6. The number of para-hydroxylation sites is 1. The number of rotatable bonds is 6. The fourth-order valence-electron chi connectivity index (χ4n) is 6.55. The molecule has 1 aliphatic heterocycles. The van der Waals surface area contributed by atoms with Crippen LogP contribution in [0.5, 0.6) is 0 Å². The topological polar surface area (TPSA) is 188 Å². The number of nitrogens with zero attached hydrogens (tertiary/aromatic N) is 5. The summed E-state index contributed by atoms with van der Waals surface area (Å²) in [6, 6.07) is 15.4. The molecule has 0 aliphatic carbocycles. The number of hydrogen-bond acceptors (Lipinski definition) is 9. The fraction of sp³-hybridized carbons (Fsp3) is 0.415. The van der Waals surface area contributed by atoms with Crippen LogP contribution in [0.25, 0.3) is 5.69 Å². The molecule has 0 radical (unpaired) electrons. The molecule has 16 heteroatoms. The Hall–Kier alpha value is -5.90. The number of aromatic nitrogens is 3. The van der Waals surface area contributed by atoms with E-state index in [0.717, 1.165) is 22.5 Å². The number of benzene rings is 2. The molecule has 1 aliphatic rings. The van der Waals surface area contributed by atoms with Crippen LogP contribution in [0.3, 0.4) is 0 Å². The summed E-state index contributed by atoms with van der Waals surface area (Å²) < 4.78 is 1.78. The quantitative estimate of drug-likeness (QED) is 0.229. The summed E-state index contributed by atoms with van der Waals surface area (Å²) in [5.74, 6) is -3.36. The molecule has 0 fully saturated rings. The van der Waals surface area contributed by atoms with E-state index in [9.17, 15) is 28.8 Å². The van der Waals surface area contributed by atoms with E-state index in [1.165, 1.54) is 35.0 Å². The van der Waals surface area contributed by atoms with Gasteiger partial charge < -0.3 is 31.1 Å². The number of fused-ring (bicyclic) bond motifs is 2. The molecule has 15 nitrogen and oxygen atoms in total. The van der Waals surface area contributed by atoms with Gasteiger partial charge in [0.2, 0.25) is 29.5 Å². The lowest BCUT2D eigenvalue weighted by Crippen LogP contribution is -2.57. The van der Waals surface area contributed by atoms with Crippen molar-refractivity contribution in [1.82, 2.24) is 45.8 Å². The van der Waals surface area contributed by atoms with Crippen LogP contribution in [-0.4, -0.2) is 105 Å². The van der Waals surface area contributed by atoms with Gasteiger partial charge >= 0.3 is 0 Å². The Morgan fingerprint density at radius 2 is 1.53 bits per heavy atom. The maximum atomic E-state index is 14.2. The first kappa shape index (κ1) is 42.2. The molecule has 0 spiro atoms. The molecule has 2 bridgehead atoms. The van der Waals surface area contributed by atoms with Crippen molar-refractivity contribution >= 4 is 46.8 Å². The lowest BCUT2D eigenvalue weighted by molar-refractivity contribution is -0.138. The van der Waals surface area contributed by atoms with E-state index in [0.29, 0.717) is 17.1 Å². The molecule has 0 saturated carbocycles. The van der Waals surface area contributed by atoms with E-state index < -0.39 is 53.7 Å². The molecule has 4 atom stereocenters. The lowest BCUT2D eigenvalue weighted by Gasteiger charge is -2.29. The molecule has 4 N–H and O–H groups in total. The first-order valence-corrected chi connectivity index (χ1v) is 19.8. The summed E-state index contributed by atoms with van der Waals surface area (Å²) in [5.41, 5.74) is 4.00. The zero-order chi connectivity index (χ0) is 41.4. The van der Waals surface area contributed by atoms with Gasteiger partial charge in [0.1, 0.15) is 28.8 Å². The number of carbonyl (C=O) groups is 6. The number of aryl methyl sites for hydroxylation is 1. The molecular weight excluding hydrogens is 747 g/mol. The molecule has 6 amide bonds. The van der Waals surface area contributed by atoms with Gasteiger partial charge in [0.05, 0.1) is 30.4 Å². The van der Waals surface area contributed by atoms with Crippen molar-refractivity contribution in [1.29, 1.82) is 0 Å². The van der Waals surface area contributed by atoms with Crippen LogP contribution in [0.2, 0.25) is 0 Å². The van der Waals surface area contributed by atoms with Crippen molar-refractivity contribution in [2.45, 2.75) is 78.6 Å². The molecule has 2 aromatic carbocycles. The SMILES string of the molecule is Cc1nn(-c2ccccc2)c(C)c1CC(=O)N1CCN(C)C(=O)[C@@H](C)NC(=O)[C@H](C(C)C)NC(=O)[C@H](C)NC(=O)c2csc(n2)[C@H](Cc2ccccc2)NC(=O)C1. The first-order valence-electron chi connectivity index (χ1n) is 19.0. The summed E-state index contributed by atoms with van der Waals surface area (Å²) in [6.45, 7) is 10.0. The summed E-state index contributed by atoms with van der Waals surface area (Å²) in [7, 11) is 1.56. The van der Waals surface area contributed by atoms with Crippen LogP contribution in [0.15, 0.2) is 66.0 Å². The third-order valence-corrected chi connectivity index (χ3v) is 10.9. The van der Waals surface area contributed by atoms with Crippen molar-refractivity contribution in [2.24, 2.45) is 5.92 Å². The first-order chi connectivity index (χ1) is 27.1. The molecule has 2 aromatic heterocycles. The number of thiazole rings is 1. The highest BCUT2D eigenvalue weighted by atomic mass is 32.1. The van der Waals surface area contributed by atoms with Gasteiger partial charge in [0, 0.05) is 36.8 Å². The third kappa shape index (κ3) is 10.7. The third-order valence-electron chi connectivity index (χ3n) is 9.93. The minimum absolute atomic E-state index is 0.00751. The monoisotopic (exact) mass is 797 g/mol. The predicted octanol–water partition coefficient (Wildman–Crippen LogP) is 2.65. The van der Waals surface area contributed by atoms with E-state index in [4.69, 9.17) is 5.10 Å². The second-order valence-electron chi connectivity index (χ2n) is 14.7. The Balaban J connectivity index is 1.47. The molecule has 302 valence electrons. The van der Waals surface area contributed by atoms with Crippen molar-refractivity contribution in [3.8, 4) is 5.69 Å². The minimum atomic E-state index is -1.03. The summed E-state index contributed by atoms with van der Waals surface area (Å²) in [5, 5.41) is 17.8. The minimum Gasteiger partial charge on any atom is -0.345 e. The highest BCUT2D eigenvalue weighted by Gasteiger charge is 2.31. The maximum Gasteiger partial charge on any atom is 0.271 e. The smallest absolute Gasteiger partial charge is 0.271 e. The van der Waals surface area contributed by atoms with Crippen LogP contribution in [0, 0.1) is 19.8 Å². The highest BCUT2D eigenvalue weighted by molar-refractivity contribution is 7.09. The van der Waals surface area contributed by atoms with Crippen molar-refractivity contribution < 1.29 is 28.8 Å². The Kier molecular flexibility index (Phi) is 14.0. The van der Waals surface area contributed by atoms with Crippen LogP contribution in [0.4, 0.5) is 0 Å². The van der Waals surface area contributed by atoms with E-state index in [-0.39, 0.29) is 43.6 Å². The van der Waals surface area contributed by atoms with Gasteiger partial charge in [-0.15, -0.1) is 11.3 Å². The molecular formula is C41H51N9O6S. The average Bonchev–Trinajstić information content (AvgIpc) is 3.79. The fourth-order valence-corrected chi connectivity index (χ4v) is 7.40. The second-order valence-corrected chi connectivity index (χ2v) is 15.6. The van der Waals surface area contributed by atoms with Gasteiger partial charge in [0.25, 0.3) is 5.91 Å². The molecule has 4 aromatic rings. The van der Waals surface area contributed by atoms with Gasteiger partial charge in [-0.1, -0.05) is 62.4 Å². The second kappa shape index (κ2) is 18.8. The number of nitrogens with one attached hydrogen (secondary N) is 4. The molecule has 0 unspecified atom stereocenters. The molecule has 57 heavy (non-hydrogen) atoms. The lowest BCUT2D eigenvalue weighted by atomic mass is 10.0. The largest absolute Gasteiger partial charge is 0.345 e. The van der Waals surface area contributed by atoms with E-state index in [1.54, 1.807) is 31.0 Å². The maximum absolute atomic E-state index is 14.2. The van der Waals surface area contributed by atoms with Gasteiger partial charge in [0.15, 0.2) is 0 Å². The zero-order valence-corrected chi connectivity index (χ0v) is 34.2. The summed E-state index contributed by atoms with van der Waals surface area (Å²) in [4.78, 5) is 89.0. The number of carbonyl (C=O) groups excluding carboxylic acids is 6. The van der Waals surface area contributed by atoms with Gasteiger partial charge in [-0.25, -0.2) is 9.67 Å². The summed E-state index contributed by atoms with van der Waals surface area (Å²) >= 11 is 1.18. The van der Waals surface area contributed by atoms with Crippen LogP contribution in [0.1, 0.15) is 71.7 Å². The average molecular weight is 798 g/mol. The van der Waals surface area contributed by atoms with Crippen molar-refractivity contribution in [3.05, 3.63) is 99.3 Å². The van der Waals surface area contributed by atoms with Gasteiger partial charge in [-0.05, 0) is 57.7 Å². The molecule has 3 heterocycles.